The Morgan fingerprint density at radius 1 is 1.12 bits per heavy atom. The number of hydrogen-bond acceptors (Lipinski definition) is 6. The number of rotatable bonds is 5. The number of aromatic amines is 1. The highest BCUT2D eigenvalue weighted by Gasteiger charge is 2.13. The average Bonchev–Trinajstić information content (AvgIpc) is 2.65. The fourth-order valence-corrected chi connectivity index (χ4v) is 2.31. The number of aromatic nitrogens is 2. The third-order valence-electron chi connectivity index (χ3n) is 3.61. The first-order valence-corrected chi connectivity index (χ1v) is 7.67. The fraction of sp³-hybridized carbons (Fsp3) is 0.0556. The first kappa shape index (κ1) is 17.0. The summed E-state index contributed by atoms with van der Waals surface area (Å²) in [6, 6.07) is 15.5. The van der Waals surface area contributed by atoms with Gasteiger partial charge in [0, 0.05) is 0 Å². The lowest BCUT2D eigenvalue weighted by molar-refractivity contribution is 0.415. The SMILES string of the molecule is COc1ccc(N/N=C/c2c(O)n(-c3ccccc3)c(=O)[nH]c2=O)cc1. The van der Waals surface area contributed by atoms with E-state index in [1.807, 2.05) is 0 Å². The highest BCUT2D eigenvalue weighted by atomic mass is 16.5. The van der Waals surface area contributed by atoms with E-state index in [1.165, 1.54) is 0 Å². The number of para-hydroxylation sites is 1. The lowest BCUT2D eigenvalue weighted by Crippen LogP contribution is -2.31. The van der Waals surface area contributed by atoms with Crippen LogP contribution in [0.2, 0.25) is 0 Å². The molecule has 0 aliphatic carbocycles. The summed E-state index contributed by atoms with van der Waals surface area (Å²) in [6.45, 7) is 0. The van der Waals surface area contributed by atoms with E-state index in [1.54, 1.807) is 61.7 Å². The summed E-state index contributed by atoms with van der Waals surface area (Å²) in [6.07, 6.45) is 1.15. The standard InChI is InChI=1S/C18H16N4O4/c1-26-14-9-7-12(8-10-14)21-19-11-15-16(23)20-18(25)22(17(15)24)13-5-3-2-4-6-13/h2-11,21,24H,1H3,(H,20,23,25)/b19-11+. The molecule has 3 aromatic rings. The molecule has 26 heavy (non-hydrogen) atoms. The first-order valence-electron chi connectivity index (χ1n) is 7.67. The van der Waals surface area contributed by atoms with E-state index in [0.29, 0.717) is 17.1 Å². The summed E-state index contributed by atoms with van der Waals surface area (Å²) in [5.41, 5.74) is 2.20. The molecular weight excluding hydrogens is 336 g/mol. The van der Waals surface area contributed by atoms with Crippen LogP contribution in [0.15, 0.2) is 69.3 Å². The van der Waals surface area contributed by atoms with Crippen molar-refractivity contribution in [2.24, 2.45) is 5.10 Å². The van der Waals surface area contributed by atoms with Gasteiger partial charge in [0.05, 0.1) is 24.7 Å². The molecule has 0 fully saturated rings. The van der Waals surface area contributed by atoms with E-state index in [0.717, 1.165) is 10.8 Å². The second-order valence-corrected chi connectivity index (χ2v) is 5.27. The summed E-state index contributed by atoms with van der Waals surface area (Å²) in [5.74, 6) is 0.203. The molecule has 2 aromatic carbocycles. The molecule has 8 nitrogen and oxygen atoms in total. The maximum absolute atomic E-state index is 12.0. The number of nitrogens with zero attached hydrogens (tertiary/aromatic N) is 2. The number of aromatic hydroxyl groups is 1. The predicted octanol–water partition coefficient (Wildman–Crippen LogP) is 1.69. The molecule has 0 aliphatic heterocycles. The van der Waals surface area contributed by atoms with Crippen molar-refractivity contribution in [2.75, 3.05) is 12.5 Å². The molecule has 0 radical (unpaired) electrons. The van der Waals surface area contributed by atoms with E-state index in [4.69, 9.17) is 4.74 Å². The van der Waals surface area contributed by atoms with Crippen molar-refractivity contribution in [2.45, 2.75) is 0 Å². The van der Waals surface area contributed by atoms with Crippen LogP contribution in [0.4, 0.5) is 5.69 Å². The third-order valence-corrected chi connectivity index (χ3v) is 3.61. The summed E-state index contributed by atoms with van der Waals surface area (Å²) in [4.78, 5) is 26.2. The maximum Gasteiger partial charge on any atom is 0.335 e. The van der Waals surface area contributed by atoms with Gasteiger partial charge in [-0.05, 0) is 36.4 Å². The Hall–Kier alpha value is -3.81. The zero-order valence-corrected chi connectivity index (χ0v) is 13.8. The van der Waals surface area contributed by atoms with Crippen LogP contribution in [0.1, 0.15) is 5.56 Å². The fourth-order valence-electron chi connectivity index (χ4n) is 2.31. The molecular formula is C18H16N4O4. The lowest BCUT2D eigenvalue weighted by Gasteiger charge is -2.09. The number of hydrogen-bond donors (Lipinski definition) is 3. The van der Waals surface area contributed by atoms with Crippen LogP contribution in [0.5, 0.6) is 11.6 Å². The Labute approximate surface area is 148 Å². The van der Waals surface area contributed by atoms with Gasteiger partial charge >= 0.3 is 5.69 Å². The molecule has 0 atom stereocenters. The molecule has 0 aliphatic rings. The minimum Gasteiger partial charge on any atom is -0.497 e. The number of benzene rings is 2. The van der Waals surface area contributed by atoms with Crippen LogP contribution in [-0.2, 0) is 0 Å². The van der Waals surface area contributed by atoms with Gasteiger partial charge in [-0.1, -0.05) is 18.2 Å². The van der Waals surface area contributed by atoms with Gasteiger partial charge in [-0.2, -0.15) is 5.10 Å². The molecule has 3 rings (SSSR count). The van der Waals surface area contributed by atoms with Gasteiger partial charge in [0.1, 0.15) is 11.3 Å². The smallest absolute Gasteiger partial charge is 0.335 e. The van der Waals surface area contributed by atoms with Gasteiger partial charge in [-0.3, -0.25) is 15.2 Å². The largest absolute Gasteiger partial charge is 0.497 e. The summed E-state index contributed by atoms with van der Waals surface area (Å²) in [7, 11) is 1.57. The van der Waals surface area contributed by atoms with Crippen LogP contribution >= 0.6 is 0 Å². The zero-order valence-electron chi connectivity index (χ0n) is 13.8. The van der Waals surface area contributed by atoms with Crippen molar-refractivity contribution in [3.8, 4) is 17.3 Å². The molecule has 3 N–H and O–H groups in total. The van der Waals surface area contributed by atoms with Gasteiger partial charge in [-0.25, -0.2) is 9.36 Å². The summed E-state index contributed by atoms with van der Waals surface area (Å²) >= 11 is 0. The van der Waals surface area contributed by atoms with E-state index in [-0.39, 0.29) is 5.56 Å². The molecule has 1 aromatic heterocycles. The van der Waals surface area contributed by atoms with E-state index >= 15 is 0 Å². The number of methoxy groups -OCH3 is 1. The number of anilines is 1. The minimum absolute atomic E-state index is 0.144. The summed E-state index contributed by atoms with van der Waals surface area (Å²) < 4.78 is 6.06. The monoisotopic (exact) mass is 352 g/mol. The Kier molecular flexibility index (Phi) is 4.84. The highest BCUT2D eigenvalue weighted by molar-refractivity contribution is 5.82. The van der Waals surface area contributed by atoms with Crippen molar-refractivity contribution < 1.29 is 9.84 Å². The van der Waals surface area contributed by atoms with Crippen molar-refractivity contribution in [3.63, 3.8) is 0 Å². The van der Waals surface area contributed by atoms with E-state index in [9.17, 15) is 14.7 Å². The molecule has 8 heteroatoms. The number of ether oxygens (including phenoxy) is 1. The average molecular weight is 352 g/mol. The Balaban J connectivity index is 1.92. The minimum atomic E-state index is -0.737. The van der Waals surface area contributed by atoms with Gasteiger partial charge < -0.3 is 9.84 Å². The molecule has 1 heterocycles. The van der Waals surface area contributed by atoms with E-state index in [2.05, 4.69) is 15.5 Å². The number of nitrogens with one attached hydrogen (secondary N) is 2. The molecule has 132 valence electrons. The summed E-state index contributed by atoms with van der Waals surface area (Å²) in [5, 5.41) is 14.3. The second-order valence-electron chi connectivity index (χ2n) is 5.27. The molecule has 0 spiro atoms. The number of H-pyrrole nitrogens is 1. The quantitative estimate of drug-likeness (QED) is 0.478. The Morgan fingerprint density at radius 3 is 2.46 bits per heavy atom. The van der Waals surface area contributed by atoms with Crippen LogP contribution < -0.4 is 21.4 Å². The maximum atomic E-state index is 12.0. The van der Waals surface area contributed by atoms with Gasteiger partial charge in [0.15, 0.2) is 0 Å². The van der Waals surface area contributed by atoms with Crippen molar-refractivity contribution >= 4 is 11.9 Å². The van der Waals surface area contributed by atoms with Gasteiger partial charge in [-0.15, -0.1) is 0 Å². The molecule has 0 bridgehead atoms. The van der Waals surface area contributed by atoms with Gasteiger partial charge in [0.2, 0.25) is 5.88 Å². The van der Waals surface area contributed by atoms with Crippen LogP contribution in [0.3, 0.4) is 0 Å². The van der Waals surface area contributed by atoms with Crippen molar-refractivity contribution in [3.05, 3.63) is 81.0 Å². The zero-order chi connectivity index (χ0) is 18.5. The Morgan fingerprint density at radius 2 is 1.81 bits per heavy atom. The number of hydrazone groups is 1. The highest BCUT2D eigenvalue weighted by Crippen LogP contribution is 2.16. The van der Waals surface area contributed by atoms with Crippen LogP contribution in [-0.4, -0.2) is 28.0 Å². The van der Waals surface area contributed by atoms with Gasteiger partial charge in [0.25, 0.3) is 5.56 Å². The van der Waals surface area contributed by atoms with Crippen molar-refractivity contribution in [1.29, 1.82) is 0 Å². The molecule has 0 amide bonds. The topological polar surface area (TPSA) is 109 Å². The predicted molar refractivity (Wildman–Crippen MR) is 98.5 cm³/mol. The van der Waals surface area contributed by atoms with E-state index < -0.39 is 17.1 Å². The van der Waals surface area contributed by atoms with Crippen LogP contribution in [0.25, 0.3) is 5.69 Å². The van der Waals surface area contributed by atoms with Crippen molar-refractivity contribution in [1.82, 2.24) is 9.55 Å². The molecule has 0 unspecified atom stereocenters. The third kappa shape index (κ3) is 3.48. The normalized spacial score (nSPS) is 10.8. The molecule has 0 saturated heterocycles. The first-order chi connectivity index (χ1) is 12.6. The Bertz CT molecular complexity index is 1040. The second kappa shape index (κ2) is 7.39. The lowest BCUT2D eigenvalue weighted by atomic mass is 10.3. The molecule has 0 saturated carbocycles. The van der Waals surface area contributed by atoms with Crippen LogP contribution in [0, 0.1) is 0 Å².